The fourth-order valence-corrected chi connectivity index (χ4v) is 4.20. The molecule has 0 fully saturated rings. The van der Waals surface area contributed by atoms with Crippen molar-refractivity contribution < 1.29 is 9.53 Å². The van der Waals surface area contributed by atoms with E-state index in [9.17, 15) is 4.79 Å². The van der Waals surface area contributed by atoms with Crippen LogP contribution in [0.15, 0.2) is 12.4 Å². The number of methoxy groups -OCH3 is 1. The van der Waals surface area contributed by atoms with E-state index in [0.717, 1.165) is 38.2 Å². The number of aromatic nitrogens is 3. The summed E-state index contributed by atoms with van der Waals surface area (Å²) in [5, 5.41) is 4.32. The number of hydrogen-bond acceptors (Lipinski definition) is 5. The first kappa shape index (κ1) is 14.8. The predicted octanol–water partition coefficient (Wildman–Crippen LogP) is 2.47. The monoisotopic (exact) mass is 364 g/mol. The number of carbonyl (C=O) groups excluding carboxylic acids is 1. The molecule has 0 aromatic carbocycles. The summed E-state index contributed by atoms with van der Waals surface area (Å²) in [6.45, 7) is 6.07. The van der Waals surface area contributed by atoms with E-state index in [1.165, 1.54) is 13.4 Å². The standard InChI is InChI=1S/C15H16N4O2Se/c1-7-8(2)18-13-12(7)14(17-6-16-13)19-10-5-11(15(20)21-4)22-9(10)3/h5-6H,1-4H3,(H2,16,17,18,19). The second kappa shape index (κ2) is 5.59. The Balaban J connectivity index is 2.04. The van der Waals surface area contributed by atoms with Gasteiger partial charge >= 0.3 is 133 Å². The van der Waals surface area contributed by atoms with Gasteiger partial charge in [-0.15, -0.1) is 0 Å². The summed E-state index contributed by atoms with van der Waals surface area (Å²) in [5.41, 5.74) is 3.92. The number of fused-ring (bicyclic) bond motifs is 1. The maximum atomic E-state index is 11.7. The fraction of sp³-hybridized carbons (Fsp3) is 0.267. The minimum atomic E-state index is -0.266. The number of esters is 1. The van der Waals surface area contributed by atoms with Crippen LogP contribution in [0.5, 0.6) is 0 Å². The zero-order valence-corrected chi connectivity index (χ0v) is 14.5. The van der Waals surface area contributed by atoms with E-state index in [0.29, 0.717) is 4.44 Å². The van der Waals surface area contributed by atoms with Gasteiger partial charge in [-0.1, -0.05) is 0 Å². The Morgan fingerprint density at radius 2 is 2.09 bits per heavy atom. The van der Waals surface area contributed by atoms with Crippen LogP contribution in [-0.2, 0) is 4.74 Å². The second-order valence-electron chi connectivity index (χ2n) is 5.02. The molecular weight excluding hydrogens is 347 g/mol. The predicted molar refractivity (Wildman–Crippen MR) is 86.1 cm³/mol. The number of aromatic amines is 1. The van der Waals surface area contributed by atoms with Crippen LogP contribution < -0.4 is 5.32 Å². The first-order valence-corrected chi connectivity index (χ1v) is 8.48. The molecule has 114 valence electrons. The van der Waals surface area contributed by atoms with Gasteiger partial charge in [0.25, 0.3) is 0 Å². The van der Waals surface area contributed by atoms with Crippen molar-refractivity contribution in [2.24, 2.45) is 0 Å². The first-order valence-electron chi connectivity index (χ1n) is 6.77. The zero-order valence-electron chi connectivity index (χ0n) is 12.8. The second-order valence-corrected chi connectivity index (χ2v) is 7.65. The molecule has 0 amide bonds. The van der Waals surface area contributed by atoms with Crippen LogP contribution in [-0.4, -0.2) is 42.5 Å². The maximum absolute atomic E-state index is 11.7. The molecule has 22 heavy (non-hydrogen) atoms. The van der Waals surface area contributed by atoms with Gasteiger partial charge in [0.1, 0.15) is 0 Å². The van der Waals surface area contributed by atoms with E-state index >= 15 is 0 Å². The van der Waals surface area contributed by atoms with Gasteiger partial charge in [-0.3, -0.25) is 0 Å². The molecule has 7 heteroatoms. The summed E-state index contributed by atoms with van der Waals surface area (Å²) in [6, 6.07) is 1.85. The van der Waals surface area contributed by atoms with E-state index in [2.05, 4.69) is 20.3 Å². The van der Waals surface area contributed by atoms with Gasteiger partial charge in [-0.05, 0) is 0 Å². The number of aryl methyl sites for hydroxylation is 3. The third-order valence-corrected chi connectivity index (χ3v) is 5.81. The van der Waals surface area contributed by atoms with Crippen molar-refractivity contribution in [3.8, 4) is 0 Å². The number of anilines is 2. The number of carbonyl (C=O) groups is 1. The zero-order chi connectivity index (χ0) is 15.9. The number of nitrogens with zero attached hydrogens (tertiary/aromatic N) is 2. The van der Waals surface area contributed by atoms with E-state index in [4.69, 9.17) is 4.74 Å². The molecule has 0 spiro atoms. The average molecular weight is 363 g/mol. The topological polar surface area (TPSA) is 79.9 Å². The van der Waals surface area contributed by atoms with E-state index in [1.807, 2.05) is 26.8 Å². The SMILES string of the molecule is COC(=O)c1cc(Nc2ncnc3[nH]c(C)c(C)c23)c(C)[se]1. The van der Waals surface area contributed by atoms with Crippen LogP contribution >= 0.6 is 0 Å². The number of hydrogen-bond donors (Lipinski definition) is 2. The molecular formula is C15H16N4O2Se. The number of ether oxygens (including phenoxy) is 1. The van der Waals surface area contributed by atoms with Gasteiger partial charge in [0.05, 0.1) is 0 Å². The fourth-order valence-electron chi connectivity index (χ4n) is 2.32. The Hall–Kier alpha value is -2.11. The third kappa shape index (κ3) is 2.42. The molecule has 0 bridgehead atoms. The molecule has 6 nitrogen and oxygen atoms in total. The van der Waals surface area contributed by atoms with Crippen LogP contribution in [0.25, 0.3) is 11.0 Å². The summed E-state index contributed by atoms with van der Waals surface area (Å²) >= 11 is -0.00925. The Bertz CT molecular complexity index is 866. The Morgan fingerprint density at radius 1 is 1.32 bits per heavy atom. The Morgan fingerprint density at radius 3 is 2.82 bits per heavy atom. The molecule has 0 aliphatic rings. The molecule has 3 heterocycles. The molecule has 3 aromatic rings. The van der Waals surface area contributed by atoms with Crippen molar-refractivity contribution in [1.29, 1.82) is 0 Å². The quantitative estimate of drug-likeness (QED) is 0.552. The van der Waals surface area contributed by atoms with E-state index in [-0.39, 0.29) is 20.5 Å². The summed E-state index contributed by atoms with van der Waals surface area (Å²) in [5.74, 6) is 0.483. The van der Waals surface area contributed by atoms with Crippen LogP contribution in [0.2, 0.25) is 0 Å². The molecule has 0 unspecified atom stereocenters. The molecule has 0 atom stereocenters. The van der Waals surface area contributed by atoms with Crippen molar-refractivity contribution in [2.75, 3.05) is 12.4 Å². The average Bonchev–Trinajstić information content (AvgIpc) is 3.00. The van der Waals surface area contributed by atoms with Crippen LogP contribution in [0.1, 0.15) is 24.9 Å². The molecule has 0 aliphatic heterocycles. The molecule has 0 saturated heterocycles. The van der Waals surface area contributed by atoms with Crippen molar-refractivity contribution in [2.45, 2.75) is 20.8 Å². The molecule has 0 saturated carbocycles. The third-order valence-electron chi connectivity index (χ3n) is 3.65. The summed E-state index contributed by atoms with van der Waals surface area (Å²) in [6.07, 6.45) is 1.53. The summed E-state index contributed by atoms with van der Waals surface area (Å²) in [4.78, 5) is 23.5. The molecule has 3 aromatic heterocycles. The van der Waals surface area contributed by atoms with Crippen LogP contribution in [0, 0.1) is 20.8 Å². The normalized spacial score (nSPS) is 10.9. The van der Waals surface area contributed by atoms with Gasteiger partial charge in [-0.25, -0.2) is 0 Å². The van der Waals surface area contributed by atoms with Gasteiger partial charge in [0.15, 0.2) is 0 Å². The number of rotatable bonds is 3. The van der Waals surface area contributed by atoms with Gasteiger partial charge in [0, 0.05) is 0 Å². The van der Waals surface area contributed by atoms with Gasteiger partial charge < -0.3 is 0 Å². The van der Waals surface area contributed by atoms with E-state index < -0.39 is 0 Å². The summed E-state index contributed by atoms with van der Waals surface area (Å²) < 4.78 is 6.65. The molecule has 0 aliphatic carbocycles. The minimum absolute atomic E-state index is 0.00925. The van der Waals surface area contributed by atoms with Crippen LogP contribution in [0.3, 0.4) is 0 Å². The van der Waals surface area contributed by atoms with Crippen molar-refractivity contribution in [1.82, 2.24) is 15.0 Å². The van der Waals surface area contributed by atoms with Crippen LogP contribution in [0.4, 0.5) is 11.5 Å². The van der Waals surface area contributed by atoms with Gasteiger partial charge in [0.2, 0.25) is 0 Å². The molecule has 0 radical (unpaired) electrons. The molecule has 3 rings (SSSR count). The van der Waals surface area contributed by atoms with Crippen molar-refractivity contribution in [3.63, 3.8) is 0 Å². The number of H-pyrrole nitrogens is 1. The van der Waals surface area contributed by atoms with Gasteiger partial charge in [-0.2, -0.15) is 0 Å². The Labute approximate surface area is 133 Å². The Kier molecular flexibility index (Phi) is 3.76. The number of nitrogens with one attached hydrogen (secondary N) is 2. The van der Waals surface area contributed by atoms with Crippen molar-refractivity contribution >= 4 is 43.0 Å². The first-order chi connectivity index (χ1) is 10.5. The molecule has 2 N–H and O–H groups in total. The summed E-state index contributed by atoms with van der Waals surface area (Å²) in [7, 11) is 1.40. The van der Waals surface area contributed by atoms with E-state index in [1.54, 1.807) is 0 Å². The van der Waals surface area contributed by atoms with Crippen molar-refractivity contribution in [3.05, 3.63) is 32.5 Å².